The number of rotatable bonds is 3. The van der Waals surface area contributed by atoms with Gasteiger partial charge in [0.2, 0.25) is 0 Å². The van der Waals surface area contributed by atoms with Crippen molar-refractivity contribution < 1.29 is 9.53 Å². The highest BCUT2D eigenvalue weighted by atomic mass is 79.9. The molecule has 2 N–H and O–H groups in total. The molecule has 0 heterocycles. The van der Waals surface area contributed by atoms with Crippen LogP contribution in [0, 0.1) is 6.92 Å². The van der Waals surface area contributed by atoms with E-state index in [9.17, 15) is 4.79 Å². The van der Waals surface area contributed by atoms with Gasteiger partial charge in [-0.1, -0.05) is 15.9 Å². The molecule has 0 fully saturated rings. The van der Waals surface area contributed by atoms with Crippen molar-refractivity contribution in [1.82, 2.24) is 0 Å². The minimum atomic E-state index is -0.233. The minimum Gasteiger partial charge on any atom is -0.466 e. The van der Waals surface area contributed by atoms with Gasteiger partial charge in [0.1, 0.15) is 0 Å². The summed E-state index contributed by atoms with van der Waals surface area (Å²) in [6, 6.07) is 3.65. The molecule has 1 aromatic carbocycles. The zero-order chi connectivity index (χ0) is 11.4. The van der Waals surface area contributed by atoms with E-state index in [1.54, 1.807) is 13.0 Å². The summed E-state index contributed by atoms with van der Waals surface area (Å²) in [5.74, 6) is -0.233. The number of hydrogen-bond acceptors (Lipinski definition) is 3. The molecule has 82 valence electrons. The largest absolute Gasteiger partial charge is 0.466 e. The number of esters is 1. The van der Waals surface area contributed by atoms with Crippen molar-refractivity contribution in [2.75, 3.05) is 12.3 Å². The molecule has 0 aliphatic heterocycles. The first-order valence-corrected chi connectivity index (χ1v) is 5.54. The highest BCUT2D eigenvalue weighted by Gasteiger charge is 2.09. The molecule has 15 heavy (non-hydrogen) atoms. The van der Waals surface area contributed by atoms with E-state index >= 15 is 0 Å². The van der Waals surface area contributed by atoms with E-state index in [1.165, 1.54) is 0 Å². The smallest absolute Gasteiger partial charge is 0.310 e. The molecule has 0 saturated carbocycles. The van der Waals surface area contributed by atoms with Crippen molar-refractivity contribution in [3.63, 3.8) is 0 Å². The molecule has 0 radical (unpaired) electrons. The molecule has 0 unspecified atom stereocenters. The van der Waals surface area contributed by atoms with Crippen LogP contribution >= 0.6 is 15.9 Å². The van der Waals surface area contributed by atoms with Crippen molar-refractivity contribution in [3.8, 4) is 0 Å². The third-order valence-electron chi connectivity index (χ3n) is 1.99. The van der Waals surface area contributed by atoms with Crippen molar-refractivity contribution in [2.24, 2.45) is 0 Å². The molecule has 1 aromatic rings. The number of carbonyl (C=O) groups is 1. The minimum absolute atomic E-state index is 0.233. The van der Waals surface area contributed by atoms with Gasteiger partial charge >= 0.3 is 5.97 Å². The van der Waals surface area contributed by atoms with Crippen LogP contribution in [0.4, 0.5) is 5.69 Å². The molecule has 0 bridgehead atoms. The Balaban J connectivity index is 2.89. The lowest BCUT2D eigenvalue weighted by molar-refractivity contribution is -0.142. The molecule has 1 rings (SSSR count). The van der Waals surface area contributed by atoms with E-state index in [1.807, 2.05) is 13.0 Å². The van der Waals surface area contributed by atoms with Gasteiger partial charge < -0.3 is 10.5 Å². The van der Waals surface area contributed by atoms with E-state index in [-0.39, 0.29) is 12.4 Å². The second-order valence-corrected chi connectivity index (χ2v) is 4.09. The SMILES string of the molecule is CCOC(=O)Cc1cc(N)cc(C)c1Br. The number of nitrogen functional groups attached to an aromatic ring is 1. The quantitative estimate of drug-likeness (QED) is 0.679. The molecule has 0 atom stereocenters. The number of carbonyl (C=O) groups excluding carboxylic acids is 1. The predicted molar refractivity (Wildman–Crippen MR) is 63.6 cm³/mol. The van der Waals surface area contributed by atoms with Crippen LogP contribution in [0.1, 0.15) is 18.1 Å². The highest BCUT2D eigenvalue weighted by molar-refractivity contribution is 9.10. The average Bonchev–Trinajstić information content (AvgIpc) is 2.13. The van der Waals surface area contributed by atoms with E-state index in [2.05, 4.69) is 15.9 Å². The monoisotopic (exact) mass is 271 g/mol. The van der Waals surface area contributed by atoms with Gasteiger partial charge in [0.25, 0.3) is 0 Å². The molecule has 0 amide bonds. The Bertz CT molecular complexity index is 377. The summed E-state index contributed by atoms with van der Waals surface area (Å²) in [5, 5.41) is 0. The summed E-state index contributed by atoms with van der Waals surface area (Å²) in [6.07, 6.45) is 0.250. The van der Waals surface area contributed by atoms with Crippen LogP contribution in [0.3, 0.4) is 0 Å². The van der Waals surface area contributed by atoms with E-state index < -0.39 is 0 Å². The van der Waals surface area contributed by atoms with Gasteiger partial charge in [0, 0.05) is 10.2 Å². The number of halogens is 1. The summed E-state index contributed by atoms with van der Waals surface area (Å²) >= 11 is 3.43. The number of ether oxygens (including phenoxy) is 1. The average molecular weight is 272 g/mol. The van der Waals surface area contributed by atoms with Crippen LogP contribution in [-0.2, 0) is 16.0 Å². The van der Waals surface area contributed by atoms with Crippen LogP contribution in [0.2, 0.25) is 0 Å². The Morgan fingerprint density at radius 1 is 1.53 bits per heavy atom. The molecular formula is C11H14BrNO2. The Morgan fingerprint density at radius 3 is 2.80 bits per heavy atom. The van der Waals surface area contributed by atoms with Gasteiger partial charge in [-0.2, -0.15) is 0 Å². The second kappa shape index (κ2) is 5.16. The lowest BCUT2D eigenvalue weighted by atomic mass is 10.1. The second-order valence-electron chi connectivity index (χ2n) is 3.29. The van der Waals surface area contributed by atoms with E-state index in [0.717, 1.165) is 15.6 Å². The van der Waals surface area contributed by atoms with Crippen LogP contribution in [-0.4, -0.2) is 12.6 Å². The zero-order valence-electron chi connectivity index (χ0n) is 8.84. The summed E-state index contributed by atoms with van der Waals surface area (Å²) in [6.45, 7) is 4.13. The lowest BCUT2D eigenvalue weighted by Crippen LogP contribution is -2.08. The normalized spacial score (nSPS) is 10.1. The van der Waals surface area contributed by atoms with Crippen LogP contribution in [0.5, 0.6) is 0 Å². The molecular weight excluding hydrogens is 258 g/mol. The van der Waals surface area contributed by atoms with Crippen LogP contribution in [0.15, 0.2) is 16.6 Å². The van der Waals surface area contributed by atoms with Gasteiger partial charge in [0.05, 0.1) is 13.0 Å². The van der Waals surface area contributed by atoms with Crippen molar-refractivity contribution in [3.05, 3.63) is 27.7 Å². The van der Waals surface area contributed by atoms with Gasteiger partial charge in [-0.3, -0.25) is 4.79 Å². The zero-order valence-corrected chi connectivity index (χ0v) is 10.4. The molecule has 0 aliphatic rings. The maximum absolute atomic E-state index is 11.3. The molecule has 3 nitrogen and oxygen atoms in total. The van der Waals surface area contributed by atoms with Crippen molar-refractivity contribution in [2.45, 2.75) is 20.3 Å². The number of aryl methyl sites for hydroxylation is 1. The maximum Gasteiger partial charge on any atom is 0.310 e. The van der Waals surface area contributed by atoms with Gasteiger partial charge in [-0.25, -0.2) is 0 Å². The lowest BCUT2D eigenvalue weighted by Gasteiger charge is -2.08. The number of nitrogens with two attached hydrogens (primary N) is 1. The fourth-order valence-electron chi connectivity index (χ4n) is 1.37. The van der Waals surface area contributed by atoms with Crippen LogP contribution in [0.25, 0.3) is 0 Å². The first-order chi connectivity index (χ1) is 7.04. The molecule has 4 heteroatoms. The first kappa shape index (κ1) is 12.0. The van der Waals surface area contributed by atoms with Crippen LogP contribution < -0.4 is 5.73 Å². The maximum atomic E-state index is 11.3. The first-order valence-electron chi connectivity index (χ1n) is 4.74. The molecule has 0 aromatic heterocycles. The van der Waals surface area contributed by atoms with Crippen molar-refractivity contribution >= 4 is 27.6 Å². The standard InChI is InChI=1S/C11H14BrNO2/c1-3-15-10(14)6-8-5-9(13)4-7(2)11(8)12/h4-5H,3,6,13H2,1-2H3. The summed E-state index contributed by atoms with van der Waals surface area (Å²) in [4.78, 5) is 11.3. The van der Waals surface area contributed by atoms with Gasteiger partial charge in [0.15, 0.2) is 0 Å². The predicted octanol–water partition coefficient (Wildman–Crippen LogP) is 2.45. The number of anilines is 1. The molecule has 0 saturated heterocycles. The van der Waals surface area contributed by atoms with E-state index in [0.29, 0.717) is 12.3 Å². The van der Waals surface area contributed by atoms with Gasteiger partial charge in [-0.15, -0.1) is 0 Å². The van der Waals surface area contributed by atoms with E-state index in [4.69, 9.17) is 10.5 Å². The number of hydrogen-bond donors (Lipinski definition) is 1. The Kier molecular flexibility index (Phi) is 4.15. The van der Waals surface area contributed by atoms with Gasteiger partial charge in [-0.05, 0) is 37.1 Å². The number of benzene rings is 1. The summed E-state index contributed by atoms with van der Waals surface area (Å²) in [7, 11) is 0. The topological polar surface area (TPSA) is 52.3 Å². The molecule has 0 spiro atoms. The Labute approximate surface area is 97.7 Å². The van der Waals surface area contributed by atoms with Crippen molar-refractivity contribution in [1.29, 1.82) is 0 Å². The Hall–Kier alpha value is -1.03. The fraction of sp³-hybridized carbons (Fsp3) is 0.364. The highest BCUT2D eigenvalue weighted by Crippen LogP contribution is 2.25. The summed E-state index contributed by atoms with van der Waals surface area (Å²) in [5.41, 5.74) is 8.26. The third kappa shape index (κ3) is 3.23. The Morgan fingerprint density at radius 2 is 2.20 bits per heavy atom. The summed E-state index contributed by atoms with van der Waals surface area (Å²) < 4.78 is 5.80. The fourth-order valence-corrected chi connectivity index (χ4v) is 1.74. The molecule has 0 aliphatic carbocycles. The third-order valence-corrected chi connectivity index (χ3v) is 3.13.